The zero-order valence-electron chi connectivity index (χ0n) is 10.6. The highest BCUT2D eigenvalue weighted by Crippen LogP contribution is 2.13. The quantitative estimate of drug-likeness (QED) is 0.624. The van der Waals surface area contributed by atoms with Gasteiger partial charge in [0.25, 0.3) is 0 Å². The SMILES string of the molecule is CC(C)n1nnc(C(C=O)=Cc2ccc(F)cc2)n1. The second kappa shape index (κ2) is 5.51. The van der Waals surface area contributed by atoms with Gasteiger partial charge in [-0.3, -0.25) is 4.79 Å². The van der Waals surface area contributed by atoms with Gasteiger partial charge in [-0.05, 0) is 42.8 Å². The molecule has 0 unspecified atom stereocenters. The zero-order valence-corrected chi connectivity index (χ0v) is 10.6. The zero-order chi connectivity index (χ0) is 13.8. The minimum atomic E-state index is -0.325. The van der Waals surface area contributed by atoms with Crippen LogP contribution in [0.4, 0.5) is 4.39 Å². The minimum absolute atomic E-state index is 0.0694. The topological polar surface area (TPSA) is 60.7 Å². The van der Waals surface area contributed by atoms with Gasteiger partial charge < -0.3 is 0 Å². The molecule has 0 aliphatic rings. The van der Waals surface area contributed by atoms with Crippen LogP contribution in [0.3, 0.4) is 0 Å². The van der Waals surface area contributed by atoms with Crippen LogP contribution < -0.4 is 0 Å². The second-order valence-corrected chi connectivity index (χ2v) is 4.30. The number of tetrazole rings is 1. The van der Waals surface area contributed by atoms with Crippen LogP contribution in [0, 0.1) is 5.82 Å². The molecule has 0 bridgehead atoms. The highest BCUT2D eigenvalue weighted by Gasteiger charge is 2.10. The van der Waals surface area contributed by atoms with Gasteiger partial charge in [0, 0.05) is 0 Å². The third-order valence-electron chi connectivity index (χ3n) is 2.47. The Hall–Kier alpha value is -2.37. The van der Waals surface area contributed by atoms with Crippen LogP contribution in [0.5, 0.6) is 0 Å². The van der Waals surface area contributed by atoms with Crippen LogP contribution >= 0.6 is 0 Å². The molecule has 0 saturated heterocycles. The standard InChI is InChI=1S/C13H13FN4O/c1-9(2)18-16-13(15-17-18)11(8-19)7-10-3-5-12(14)6-4-10/h3-9H,1-2H3. The molecule has 0 radical (unpaired) electrons. The number of aromatic nitrogens is 4. The number of aldehydes is 1. The van der Waals surface area contributed by atoms with Crippen molar-refractivity contribution in [2.75, 3.05) is 0 Å². The molecule has 2 aromatic rings. The molecule has 0 aliphatic carbocycles. The monoisotopic (exact) mass is 260 g/mol. The summed E-state index contributed by atoms with van der Waals surface area (Å²) in [6.07, 6.45) is 2.25. The maximum atomic E-state index is 12.8. The lowest BCUT2D eigenvalue weighted by Crippen LogP contribution is -2.05. The third-order valence-corrected chi connectivity index (χ3v) is 2.47. The van der Waals surface area contributed by atoms with E-state index >= 15 is 0 Å². The van der Waals surface area contributed by atoms with Gasteiger partial charge in [0.15, 0.2) is 6.29 Å². The predicted molar refractivity (Wildman–Crippen MR) is 68.5 cm³/mol. The van der Waals surface area contributed by atoms with Crippen molar-refractivity contribution < 1.29 is 9.18 Å². The van der Waals surface area contributed by atoms with Crippen molar-refractivity contribution in [1.82, 2.24) is 20.2 Å². The normalized spacial score (nSPS) is 11.9. The Kier molecular flexibility index (Phi) is 3.79. The van der Waals surface area contributed by atoms with Gasteiger partial charge in [0.05, 0.1) is 11.6 Å². The number of halogens is 1. The molecule has 6 heteroatoms. The third kappa shape index (κ3) is 3.09. The molecule has 1 aromatic heterocycles. The minimum Gasteiger partial charge on any atom is -0.298 e. The molecule has 0 N–H and O–H groups in total. The van der Waals surface area contributed by atoms with Crippen molar-refractivity contribution >= 4 is 17.9 Å². The molecule has 0 fully saturated rings. The Bertz CT molecular complexity index is 601. The molecule has 19 heavy (non-hydrogen) atoms. The number of rotatable bonds is 4. The number of hydrogen-bond acceptors (Lipinski definition) is 4. The summed E-state index contributed by atoms with van der Waals surface area (Å²) in [4.78, 5) is 12.5. The largest absolute Gasteiger partial charge is 0.298 e. The first-order valence-electron chi connectivity index (χ1n) is 5.82. The maximum Gasteiger partial charge on any atom is 0.208 e. The number of nitrogens with zero attached hydrogens (tertiary/aromatic N) is 4. The highest BCUT2D eigenvalue weighted by molar-refractivity contribution is 6.11. The smallest absolute Gasteiger partial charge is 0.208 e. The van der Waals surface area contributed by atoms with E-state index in [9.17, 15) is 9.18 Å². The summed E-state index contributed by atoms with van der Waals surface area (Å²) in [6, 6.07) is 5.87. The van der Waals surface area contributed by atoms with E-state index in [1.165, 1.54) is 16.9 Å². The van der Waals surface area contributed by atoms with Crippen molar-refractivity contribution in [3.05, 3.63) is 41.5 Å². The number of benzene rings is 1. The van der Waals surface area contributed by atoms with Crippen LogP contribution in [-0.2, 0) is 4.79 Å². The Morgan fingerprint density at radius 2 is 2.00 bits per heavy atom. The van der Waals surface area contributed by atoms with Crippen LogP contribution in [-0.4, -0.2) is 26.5 Å². The van der Waals surface area contributed by atoms with E-state index in [4.69, 9.17) is 0 Å². The summed E-state index contributed by atoms with van der Waals surface area (Å²) >= 11 is 0. The van der Waals surface area contributed by atoms with Gasteiger partial charge in [0.1, 0.15) is 5.82 Å². The van der Waals surface area contributed by atoms with Crippen molar-refractivity contribution in [3.8, 4) is 0 Å². The molecule has 0 aliphatic heterocycles. The molecule has 0 spiro atoms. The summed E-state index contributed by atoms with van der Waals surface area (Å²) in [5.41, 5.74) is 1.00. The van der Waals surface area contributed by atoms with Gasteiger partial charge >= 0.3 is 0 Å². The summed E-state index contributed by atoms with van der Waals surface area (Å²) in [7, 11) is 0. The molecule has 0 amide bonds. The lowest BCUT2D eigenvalue weighted by Gasteiger charge is -1.99. The molecule has 5 nitrogen and oxygen atoms in total. The summed E-state index contributed by atoms with van der Waals surface area (Å²) < 4.78 is 12.8. The number of carbonyl (C=O) groups excluding carboxylic acids is 1. The number of allylic oxidation sites excluding steroid dienone is 1. The fourth-order valence-electron chi connectivity index (χ4n) is 1.45. The van der Waals surface area contributed by atoms with Crippen LogP contribution in [0.15, 0.2) is 24.3 Å². The molecule has 0 atom stereocenters. The first-order chi connectivity index (χ1) is 9.10. The highest BCUT2D eigenvalue weighted by atomic mass is 19.1. The van der Waals surface area contributed by atoms with Crippen molar-refractivity contribution in [2.24, 2.45) is 0 Å². The lowest BCUT2D eigenvalue weighted by molar-refractivity contribution is -0.103. The summed E-state index contributed by atoms with van der Waals surface area (Å²) in [5.74, 6) is -0.0679. The number of hydrogen-bond donors (Lipinski definition) is 0. The maximum absolute atomic E-state index is 12.8. The van der Waals surface area contributed by atoms with E-state index in [1.54, 1.807) is 18.2 Å². The summed E-state index contributed by atoms with van der Waals surface area (Å²) in [6.45, 7) is 3.82. The Labute approximate surface area is 109 Å². The van der Waals surface area contributed by atoms with E-state index in [0.29, 0.717) is 17.4 Å². The van der Waals surface area contributed by atoms with Gasteiger partial charge in [-0.2, -0.15) is 4.80 Å². The molecule has 2 rings (SSSR count). The fourth-order valence-corrected chi connectivity index (χ4v) is 1.45. The second-order valence-electron chi connectivity index (χ2n) is 4.30. The van der Waals surface area contributed by atoms with Gasteiger partial charge in [-0.25, -0.2) is 4.39 Å². The molecular weight excluding hydrogens is 247 g/mol. The van der Waals surface area contributed by atoms with E-state index in [-0.39, 0.29) is 17.7 Å². The van der Waals surface area contributed by atoms with E-state index in [0.717, 1.165) is 0 Å². The Morgan fingerprint density at radius 3 is 2.53 bits per heavy atom. The average Bonchev–Trinajstić information content (AvgIpc) is 2.88. The molecule has 1 aromatic carbocycles. The van der Waals surface area contributed by atoms with E-state index < -0.39 is 0 Å². The fraction of sp³-hybridized carbons (Fsp3) is 0.231. The lowest BCUT2D eigenvalue weighted by atomic mass is 10.1. The van der Waals surface area contributed by atoms with Gasteiger partial charge in [-0.15, -0.1) is 10.2 Å². The van der Waals surface area contributed by atoms with Crippen molar-refractivity contribution in [2.45, 2.75) is 19.9 Å². The summed E-state index contributed by atoms with van der Waals surface area (Å²) in [5, 5.41) is 11.8. The molecular formula is C13H13FN4O. The Balaban J connectivity index is 2.32. The van der Waals surface area contributed by atoms with E-state index in [2.05, 4.69) is 15.4 Å². The number of carbonyl (C=O) groups is 1. The Morgan fingerprint density at radius 1 is 1.32 bits per heavy atom. The van der Waals surface area contributed by atoms with Crippen molar-refractivity contribution in [3.63, 3.8) is 0 Å². The van der Waals surface area contributed by atoms with Gasteiger partial charge in [-0.1, -0.05) is 12.1 Å². The predicted octanol–water partition coefficient (Wildman–Crippen LogP) is 2.13. The van der Waals surface area contributed by atoms with Gasteiger partial charge in [0.2, 0.25) is 5.82 Å². The van der Waals surface area contributed by atoms with Crippen LogP contribution in [0.2, 0.25) is 0 Å². The van der Waals surface area contributed by atoms with Crippen LogP contribution in [0.1, 0.15) is 31.3 Å². The van der Waals surface area contributed by atoms with E-state index in [1.807, 2.05) is 13.8 Å². The molecule has 0 saturated carbocycles. The van der Waals surface area contributed by atoms with Crippen molar-refractivity contribution in [1.29, 1.82) is 0 Å². The van der Waals surface area contributed by atoms with Crippen LogP contribution in [0.25, 0.3) is 11.6 Å². The first-order valence-corrected chi connectivity index (χ1v) is 5.82. The molecule has 98 valence electrons. The average molecular weight is 260 g/mol. The first kappa shape index (κ1) is 13.1. The molecule has 1 heterocycles.